The third kappa shape index (κ3) is 4.84. The highest BCUT2D eigenvalue weighted by molar-refractivity contribution is 5.78. The zero-order chi connectivity index (χ0) is 13.6. The van der Waals surface area contributed by atoms with Crippen LogP contribution in [0.5, 0.6) is 0 Å². The lowest BCUT2D eigenvalue weighted by atomic mass is 10.0. The summed E-state index contributed by atoms with van der Waals surface area (Å²) in [4.78, 5) is 15.9. The highest BCUT2D eigenvalue weighted by atomic mass is 16.3. The Morgan fingerprint density at radius 1 is 1.56 bits per heavy atom. The van der Waals surface area contributed by atoms with Crippen LogP contribution < -0.4 is 5.32 Å². The topological polar surface area (TPSA) is 62.2 Å². The SMILES string of the molecule is CCCC(C)(O)CNC(=O)Cc1ncccc1C. The summed E-state index contributed by atoms with van der Waals surface area (Å²) in [7, 11) is 0. The molecular weight excluding hydrogens is 228 g/mol. The molecule has 0 saturated heterocycles. The monoisotopic (exact) mass is 250 g/mol. The minimum atomic E-state index is -0.830. The fourth-order valence-electron chi connectivity index (χ4n) is 1.83. The summed E-state index contributed by atoms with van der Waals surface area (Å²) >= 11 is 0. The number of hydrogen-bond acceptors (Lipinski definition) is 3. The fraction of sp³-hybridized carbons (Fsp3) is 0.571. The number of aryl methyl sites for hydroxylation is 1. The van der Waals surface area contributed by atoms with Crippen molar-refractivity contribution < 1.29 is 9.90 Å². The van der Waals surface area contributed by atoms with Gasteiger partial charge in [0.1, 0.15) is 0 Å². The third-order valence-electron chi connectivity index (χ3n) is 2.90. The van der Waals surface area contributed by atoms with Gasteiger partial charge in [0.15, 0.2) is 0 Å². The van der Waals surface area contributed by atoms with E-state index in [1.165, 1.54) is 0 Å². The van der Waals surface area contributed by atoms with Crippen molar-refractivity contribution in [2.45, 2.75) is 45.6 Å². The van der Waals surface area contributed by atoms with Crippen LogP contribution in [-0.4, -0.2) is 28.1 Å². The minimum absolute atomic E-state index is 0.104. The largest absolute Gasteiger partial charge is 0.388 e. The van der Waals surface area contributed by atoms with E-state index in [0.29, 0.717) is 6.42 Å². The molecule has 18 heavy (non-hydrogen) atoms. The van der Waals surface area contributed by atoms with E-state index in [-0.39, 0.29) is 18.9 Å². The van der Waals surface area contributed by atoms with Gasteiger partial charge < -0.3 is 10.4 Å². The molecule has 0 aliphatic carbocycles. The molecule has 0 spiro atoms. The molecule has 0 aliphatic heterocycles. The van der Waals surface area contributed by atoms with E-state index in [9.17, 15) is 9.90 Å². The molecule has 100 valence electrons. The van der Waals surface area contributed by atoms with Crippen LogP contribution in [0, 0.1) is 6.92 Å². The van der Waals surface area contributed by atoms with E-state index in [4.69, 9.17) is 0 Å². The van der Waals surface area contributed by atoms with E-state index in [1.54, 1.807) is 13.1 Å². The maximum absolute atomic E-state index is 11.8. The molecular formula is C14H22N2O2. The Bertz CT molecular complexity index is 403. The zero-order valence-corrected chi connectivity index (χ0v) is 11.4. The predicted molar refractivity (Wildman–Crippen MR) is 71.2 cm³/mol. The molecule has 1 rings (SSSR count). The molecule has 0 radical (unpaired) electrons. The second-order valence-electron chi connectivity index (χ2n) is 4.97. The fourth-order valence-corrected chi connectivity index (χ4v) is 1.83. The maximum atomic E-state index is 11.8. The van der Waals surface area contributed by atoms with Gasteiger partial charge in [-0.2, -0.15) is 0 Å². The normalized spacial score (nSPS) is 14.0. The molecule has 2 N–H and O–H groups in total. The third-order valence-corrected chi connectivity index (χ3v) is 2.90. The molecule has 4 heteroatoms. The second-order valence-corrected chi connectivity index (χ2v) is 4.97. The van der Waals surface area contributed by atoms with Crippen LogP contribution in [0.15, 0.2) is 18.3 Å². The molecule has 1 atom stereocenters. The van der Waals surface area contributed by atoms with Gasteiger partial charge in [-0.25, -0.2) is 0 Å². The van der Waals surface area contributed by atoms with Gasteiger partial charge in [0, 0.05) is 12.7 Å². The van der Waals surface area contributed by atoms with Crippen LogP contribution in [0.4, 0.5) is 0 Å². The summed E-state index contributed by atoms with van der Waals surface area (Å²) in [5, 5.41) is 12.7. The van der Waals surface area contributed by atoms with Gasteiger partial charge in [0.05, 0.1) is 17.7 Å². The number of nitrogens with zero attached hydrogens (tertiary/aromatic N) is 1. The second kappa shape index (κ2) is 6.50. The lowest BCUT2D eigenvalue weighted by Crippen LogP contribution is -2.41. The molecule has 4 nitrogen and oxygen atoms in total. The van der Waals surface area contributed by atoms with Crippen molar-refractivity contribution in [3.05, 3.63) is 29.6 Å². The van der Waals surface area contributed by atoms with E-state index in [0.717, 1.165) is 17.7 Å². The van der Waals surface area contributed by atoms with Crippen LogP contribution >= 0.6 is 0 Å². The first-order chi connectivity index (χ1) is 8.44. The predicted octanol–water partition coefficient (Wildman–Crippen LogP) is 1.60. The van der Waals surface area contributed by atoms with Crippen LogP contribution in [0.3, 0.4) is 0 Å². The van der Waals surface area contributed by atoms with Gasteiger partial charge in [-0.05, 0) is 31.9 Å². The molecule has 0 aliphatic rings. The molecule has 1 aromatic rings. The van der Waals surface area contributed by atoms with E-state index < -0.39 is 5.60 Å². The van der Waals surface area contributed by atoms with Crippen LogP contribution in [0.1, 0.15) is 37.9 Å². The Kier molecular flexibility index (Phi) is 5.28. The first-order valence-electron chi connectivity index (χ1n) is 6.34. The Morgan fingerprint density at radius 2 is 2.28 bits per heavy atom. The number of carbonyl (C=O) groups excluding carboxylic acids is 1. The molecule has 1 heterocycles. The maximum Gasteiger partial charge on any atom is 0.226 e. The summed E-state index contributed by atoms with van der Waals surface area (Å²) < 4.78 is 0. The highest BCUT2D eigenvalue weighted by Crippen LogP contribution is 2.10. The zero-order valence-electron chi connectivity index (χ0n) is 11.4. The summed E-state index contributed by atoms with van der Waals surface area (Å²) in [6, 6.07) is 3.78. The quantitative estimate of drug-likeness (QED) is 0.806. The van der Waals surface area contributed by atoms with Crippen molar-refractivity contribution in [3.63, 3.8) is 0 Å². The van der Waals surface area contributed by atoms with Gasteiger partial charge in [-0.15, -0.1) is 0 Å². The summed E-state index contributed by atoms with van der Waals surface area (Å²) in [6.45, 7) is 5.96. The van der Waals surface area contributed by atoms with Gasteiger partial charge >= 0.3 is 0 Å². The Morgan fingerprint density at radius 3 is 2.89 bits per heavy atom. The number of hydrogen-bond donors (Lipinski definition) is 2. The molecule has 1 unspecified atom stereocenters. The summed E-state index contributed by atoms with van der Waals surface area (Å²) in [5.74, 6) is -0.104. The van der Waals surface area contributed by atoms with Crippen LogP contribution in [0.2, 0.25) is 0 Å². The molecule has 0 saturated carbocycles. The Balaban J connectivity index is 2.46. The highest BCUT2D eigenvalue weighted by Gasteiger charge is 2.20. The number of pyridine rings is 1. The lowest BCUT2D eigenvalue weighted by Gasteiger charge is -2.22. The van der Waals surface area contributed by atoms with E-state index in [1.807, 2.05) is 26.0 Å². The van der Waals surface area contributed by atoms with Crippen LogP contribution in [0.25, 0.3) is 0 Å². The number of rotatable bonds is 6. The number of aliphatic hydroxyl groups is 1. The van der Waals surface area contributed by atoms with Crippen molar-refractivity contribution in [2.24, 2.45) is 0 Å². The van der Waals surface area contributed by atoms with Crippen molar-refractivity contribution in [1.82, 2.24) is 10.3 Å². The van der Waals surface area contributed by atoms with E-state index >= 15 is 0 Å². The van der Waals surface area contributed by atoms with E-state index in [2.05, 4.69) is 10.3 Å². The molecule has 1 aromatic heterocycles. The number of aromatic nitrogens is 1. The average molecular weight is 250 g/mol. The van der Waals surface area contributed by atoms with Gasteiger partial charge in [0.25, 0.3) is 0 Å². The standard InChI is InChI=1S/C14H22N2O2/c1-4-7-14(3,18)10-16-13(17)9-12-11(2)6-5-8-15-12/h5-6,8,18H,4,7,9-10H2,1-3H3,(H,16,17). The number of amides is 1. The van der Waals surface area contributed by atoms with Gasteiger partial charge in [-0.1, -0.05) is 19.4 Å². The summed E-state index contributed by atoms with van der Waals surface area (Å²) in [5.41, 5.74) is 0.960. The Labute approximate surface area is 108 Å². The van der Waals surface area contributed by atoms with Crippen LogP contribution in [-0.2, 0) is 11.2 Å². The van der Waals surface area contributed by atoms with Crippen molar-refractivity contribution >= 4 is 5.91 Å². The lowest BCUT2D eigenvalue weighted by molar-refractivity contribution is -0.121. The molecule has 0 fully saturated rings. The number of carbonyl (C=O) groups is 1. The molecule has 1 amide bonds. The smallest absolute Gasteiger partial charge is 0.226 e. The molecule has 0 aromatic carbocycles. The van der Waals surface area contributed by atoms with Gasteiger partial charge in [-0.3, -0.25) is 9.78 Å². The first-order valence-corrected chi connectivity index (χ1v) is 6.34. The van der Waals surface area contributed by atoms with Gasteiger partial charge in [0.2, 0.25) is 5.91 Å². The van der Waals surface area contributed by atoms with Crippen molar-refractivity contribution in [1.29, 1.82) is 0 Å². The Hall–Kier alpha value is -1.42. The first kappa shape index (κ1) is 14.6. The minimum Gasteiger partial charge on any atom is -0.388 e. The number of nitrogens with one attached hydrogen (secondary N) is 1. The van der Waals surface area contributed by atoms with Crippen molar-refractivity contribution in [3.8, 4) is 0 Å². The average Bonchev–Trinajstić information content (AvgIpc) is 2.30. The summed E-state index contributed by atoms with van der Waals surface area (Å²) in [6.07, 6.45) is 3.51. The van der Waals surface area contributed by atoms with Crippen molar-refractivity contribution in [2.75, 3.05) is 6.54 Å². The molecule has 0 bridgehead atoms.